The topological polar surface area (TPSA) is 29.5 Å². The fraction of sp³-hybridized carbons (Fsp3) is 0.438. The molecular weight excluding hydrogens is 302 g/mol. The molecule has 1 aliphatic heterocycles. The fourth-order valence-electron chi connectivity index (χ4n) is 2.55. The lowest BCUT2D eigenvalue weighted by Gasteiger charge is -2.25. The average Bonchev–Trinajstić information content (AvgIpc) is 3.21. The summed E-state index contributed by atoms with van der Waals surface area (Å²) in [5, 5.41) is 4.08. The van der Waals surface area contributed by atoms with Crippen molar-refractivity contribution in [2.45, 2.75) is 31.9 Å². The van der Waals surface area contributed by atoms with Gasteiger partial charge in [-0.25, -0.2) is 0 Å². The molecule has 2 aromatic rings. The van der Waals surface area contributed by atoms with Crippen molar-refractivity contribution in [1.29, 1.82) is 0 Å². The zero-order valence-corrected chi connectivity index (χ0v) is 13.5. The Morgan fingerprint density at radius 3 is 2.62 bits per heavy atom. The van der Waals surface area contributed by atoms with Gasteiger partial charge in [0.15, 0.2) is 0 Å². The van der Waals surface area contributed by atoms with E-state index in [9.17, 15) is 4.79 Å². The third kappa shape index (κ3) is 4.15. The number of amides is 1. The van der Waals surface area contributed by atoms with Gasteiger partial charge in [-0.1, -0.05) is 12.1 Å². The summed E-state index contributed by atoms with van der Waals surface area (Å²) in [7, 11) is 0. The average molecular weight is 321 g/mol. The summed E-state index contributed by atoms with van der Waals surface area (Å²) in [5.74, 6) is 0.196. The molecule has 1 aliphatic rings. The molecule has 21 heavy (non-hydrogen) atoms. The molecule has 0 aromatic carbocycles. The van der Waals surface area contributed by atoms with Gasteiger partial charge in [-0.2, -0.15) is 0 Å². The lowest BCUT2D eigenvalue weighted by atomic mass is 10.2. The number of rotatable bonds is 6. The van der Waals surface area contributed by atoms with E-state index in [-0.39, 0.29) is 12.0 Å². The Hall–Kier alpha value is -1.17. The molecule has 3 heterocycles. The molecule has 1 unspecified atom stereocenters. The van der Waals surface area contributed by atoms with Gasteiger partial charge in [0.05, 0.1) is 19.1 Å². The SMILES string of the molecule is O=C(Cc1cccs1)N(Cc1cccs1)CC1CCCO1. The third-order valence-electron chi connectivity index (χ3n) is 3.63. The minimum absolute atomic E-state index is 0.196. The maximum atomic E-state index is 12.6. The van der Waals surface area contributed by atoms with Gasteiger partial charge in [0.1, 0.15) is 0 Å². The normalized spacial score (nSPS) is 18.0. The quantitative estimate of drug-likeness (QED) is 0.814. The van der Waals surface area contributed by atoms with E-state index in [1.165, 1.54) is 4.88 Å². The fourth-order valence-corrected chi connectivity index (χ4v) is 3.97. The number of nitrogens with zero attached hydrogens (tertiary/aromatic N) is 1. The largest absolute Gasteiger partial charge is 0.376 e. The third-order valence-corrected chi connectivity index (χ3v) is 5.37. The first-order chi connectivity index (χ1) is 10.3. The van der Waals surface area contributed by atoms with Gasteiger partial charge in [0.25, 0.3) is 0 Å². The molecule has 1 fully saturated rings. The van der Waals surface area contributed by atoms with Gasteiger partial charge in [-0.15, -0.1) is 22.7 Å². The number of carbonyl (C=O) groups excluding carboxylic acids is 1. The van der Waals surface area contributed by atoms with Crippen molar-refractivity contribution >= 4 is 28.6 Å². The first kappa shape index (κ1) is 14.8. The van der Waals surface area contributed by atoms with Crippen LogP contribution in [-0.2, 0) is 22.5 Å². The maximum Gasteiger partial charge on any atom is 0.228 e. The van der Waals surface area contributed by atoms with Crippen LogP contribution >= 0.6 is 22.7 Å². The van der Waals surface area contributed by atoms with Crippen molar-refractivity contribution in [3.63, 3.8) is 0 Å². The Balaban J connectivity index is 1.66. The highest BCUT2D eigenvalue weighted by molar-refractivity contribution is 7.10. The molecule has 0 radical (unpaired) electrons. The summed E-state index contributed by atoms with van der Waals surface area (Å²) in [6, 6.07) is 8.15. The second-order valence-corrected chi connectivity index (χ2v) is 7.31. The van der Waals surface area contributed by atoms with Crippen molar-refractivity contribution in [2.75, 3.05) is 13.2 Å². The lowest BCUT2D eigenvalue weighted by molar-refractivity contribution is -0.132. The first-order valence-electron chi connectivity index (χ1n) is 7.25. The number of thiophene rings is 2. The van der Waals surface area contributed by atoms with Crippen LogP contribution in [-0.4, -0.2) is 30.1 Å². The van der Waals surface area contributed by atoms with Crippen LogP contribution in [0, 0.1) is 0 Å². The molecular formula is C16H19NO2S2. The summed E-state index contributed by atoms with van der Waals surface area (Å²) in [5.41, 5.74) is 0. The van der Waals surface area contributed by atoms with Crippen molar-refractivity contribution in [3.8, 4) is 0 Å². The highest BCUT2D eigenvalue weighted by Gasteiger charge is 2.23. The molecule has 0 bridgehead atoms. The van der Waals surface area contributed by atoms with E-state index >= 15 is 0 Å². The van der Waals surface area contributed by atoms with E-state index in [0.717, 1.165) is 24.3 Å². The van der Waals surface area contributed by atoms with E-state index < -0.39 is 0 Å². The summed E-state index contributed by atoms with van der Waals surface area (Å²) >= 11 is 3.35. The molecule has 3 rings (SSSR count). The Morgan fingerprint density at radius 2 is 2.00 bits per heavy atom. The predicted octanol–water partition coefficient (Wildman–Crippen LogP) is 3.56. The van der Waals surface area contributed by atoms with E-state index in [2.05, 4.69) is 11.4 Å². The van der Waals surface area contributed by atoms with Crippen molar-refractivity contribution in [3.05, 3.63) is 44.8 Å². The van der Waals surface area contributed by atoms with Crippen molar-refractivity contribution in [1.82, 2.24) is 4.90 Å². The van der Waals surface area contributed by atoms with Crippen LogP contribution in [0.25, 0.3) is 0 Å². The van der Waals surface area contributed by atoms with E-state index in [1.54, 1.807) is 22.7 Å². The molecule has 1 saturated heterocycles. The van der Waals surface area contributed by atoms with Crippen LogP contribution in [0.2, 0.25) is 0 Å². The first-order valence-corrected chi connectivity index (χ1v) is 9.01. The number of ether oxygens (including phenoxy) is 1. The minimum atomic E-state index is 0.196. The number of hydrogen-bond donors (Lipinski definition) is 0. The van der Waals surface area contributed by atoms with Gasteiger partial charge < -0.3 is 9.64 Å². The summed E-state index contributed by atoms with van der Waals surface area (Å²) in [6.45, 7) is 2.24. The summed E-state index contributed by atoms with van der Waals surface area (Å²) < 4.78 is 5.70. The Bertz CT molecular complexity index is 545. The van der Waals surface area contributed by atoms with Gasteiger partial charge in [-0.05, 0) is 35.7 Å². The van der Waals surface area contributed by atoms with Gasteiger partial charge in [-0.3, -0.25) is 4.79 Å². The van der Waals surface area contributed by atoms with Gasteiger partial charge >= 0.3 is 0 Å². The van der Waals surface area contributed by atoms with Crippen LogP contribution in [0.1, 0.15) is 22.6 Å². The standard InChI is InChI=1S/C16H19NO2S2/c18-16(10-14-5-2-8-20-14)17(11-13-4-1-7-19-13)12-15-6-3-9-21-15/h2-3,5-6,8-9,13H,1,4,7,10-12H2. The van der Waals surface area contributed by atoms with Crippen LogP contribution in [0.4, 0.5) is 0 Å². The number of carbonyl (C=O) groups is 1. The second kappa shape index (κ2) is 7.20. The Labute approximate surface area is 133 Å². The molecule has 0 N–H and O–H groups in total. The smallest absolute Gasteiger partial charge is 0.228 e. The summed E-state index contributed by atoms with van der Waals surface area (Å²) in [4.78, 5) is 16.9. The van der Waals surface area contributed by atoms with E-state index in [0.29, 0.717) is 19.5 Å². The van der Waals surface area contributed by atoms with Crippen molar-refractivity contribution < 1.29 is 9.53 Å². The minimum Gasteiger partial charge on any atom is -0.376 e. The van der Waals surface area contributed by atoms with Crippen LogP contribution in [0.15, 0.2) is 35.0 Å². The monoisotopic (exact) mass is 321 g/mol. The van der Waals surface area contributed by atoms with Gasteiger partial charge in [0.2, 0.25) is 5.91 Å². The summed E-state index contributed by atoms with van der Waals surface area (Å²) in [6.07, 6.45) is 2.87. The van der Waals surface area contributed by atoms with Gasteiger partial charge in [0, 0.05) is 22.9 Å². The molecule has 5 heteroatoms. The zero-order valence-electron chi connectivity index (χ0n) is 11.9. The molecule has 1 amide bonds. The van der Waals surface area contributed by atoms with Crippen LogP contribution in [0.3, 0.4) is 0 Å². The molecule has 2 aromatic heterocycles. The van der Waals surface area contributed by atoms with E-state index in [1.807, 2.05) is 28.5 Å². The Kier molecular flexibility index (Phi) is 5.06. The molecule has 0 spiro atoms. The van der Waals surface area contributed by atoms with Crippen molar-refractivity contribution in [2.24, 2.45) is 0 Å². The maximum absolute atomic E-state index is 12.6. The number of hydrogen-bond acceptors (Lipinski definition) is 4. The molecule has 1 atom stereocenters. The lowest BCUT2D eigenvalue weighted by Crippen LogP contribution is -2.37. The highest BCUT2D eigenvalue weighted by atomic mass is 32.1. The molecule has 112 valence electrons. The second-order valence-electron chi connectivity index (χ2n) is 5.24. The van der Waals surface area contributed by atoms with Crippen LogP contribution in [0.5, 0.6) is 0 Å². The Morgan fingerprint density at radius 1 is 1.24 bits per heavy atom. The van der Waals surface area contributed by atoms with Crippen LogP contribution < -0.4 is 0 Å². The molecule has 0 aliphatic carbocycles. The zero-order chi connectivity index (χ0) is 14.5. The molecule has 0 saturated carbocycles. The van der Waals surface area contributed by atoms with E-state index in [4.69, 9.17) is 4.74 Å². The highest BCUT2D eigenvalue weighted by Crippen LogP contribution is 2.19. The molecule has 3 nitrogen and oxygen atoms in total. The predicted molar refractivity (Wildman–Crippen MR) is 86.7 cm³/mol.